The monoisotopic (exact) mass is 730 g/mol. The minimum Gasteiger partial charge on any atom is -0.405 e. The summed E-state index contributed by atoms with van der Waals surface area (Å²) in [4.78, 5) is 63.0. The Morgan fingerprint density at radius 2 is 1.58 bits per heavy atom. The van der Waals surface area contributed by atoms with E-state index < -0.39 is 35.9 Å². The minimum atomic E-state index is -5.01. The molecule has 3 saturated heterocycles. The van der Waals surface area contributed by atoms with Gasteiger partial charge in [-0.25, -0.2) is 4.98 Å². The zero-order valence-electron chi connectivity index (χ0n) is 29.8. The third-order valence-electron chi connectivity index (χ3n) is 10.8. The number of fused-ring (bicyclic) bond motifs is 2. The number of piperazine rings is 1. The van der Waals surface area contributed by atoms with Crippen molar-refractivity contribution in [3.8, 4) is 11.4 Å². The van der Waals surface area contributed by atoms with E-state index in [4.69, 9.17) is 1.37 Å². The van der Waals surface area contributed by atoms with E-state index >= 15 is 0 Å². The molecule has 1 atom stereocenters. The first kappa shape index (κ1) is 33.4. The van der Waals surface area contributed by atoms with Gasteiger partial charge in [0, 0.05) is 76.2 Å². The van der Waals surface area contributed by atoms with Crippen molar-refractivity contribution < 1.29 is 33.7 Å². The van der Waals surface area contributed by atoms with Crippen LogP contribution in [0, 0.1) is 5.92 Å². The first-order valence-corrected chi connectivity index (χ1v) is 17.8. The topological polar surface area (TPSA) is 120 Å². The summed E-state index contributed by atoms with van der Waals surface area (Å²) < 4.78 is 54.3. The molecule has 0 bridgehead atoms. The molecule has 15 heteroatoms. The lowest BCUT2D eigenvalue weighted by Crippen LogP contribution is -2.52. The van der Waals surface area contributed by atoms with Gasteiger partial charge in [-0.3, -0.25) is 34.0 Å². The molecule has 4 aromatic rings. The number of benzene rings is 3. The lowest BCUT2D eigenvalue weighted by Gasteiger charge is -2.40. The van der Waals surface area contributed by atoms with E-state index in [0.29, 0.717) is 46.8 Å². The molecule has 1 unspecified atom stereocenters. The Morgan fingerprint density at radius 3 is 2.30 bits per heavy atom. The number of carbonyl (C=O) groups is 3. The van der Waals surface area contributed by atoms with Gasteiger partial charge in [0.15, 0.2) is 0 Å². The second-order valence-corrected chi connectivity index (χ2v) is 14.0. The molecule has 4 aliphatic heterocycles. The molecular weight excluding hydrogens is 691 g/mol. The highest BCUT2D eigenvalue weighted by Gasteiger charge is 2.43. The Labute approximate surface area is 304 Å². The normalized spacial score (nSPS) is 20.5. The SMILES string of the molecule is [2H]c1ccc2ncn(-c3ccc(N4CCN(CC5CCN(c6cc7c(c(OC(F)(F)F)c6)C(=O)N(C6CCC(=O)NC6=O)C7)CC5)CC4)cc3)c(=O)c2c1. The summed E-state index contributed by atoms with van der Waals surface area (Å²) in [6.45, 7) is 5.57. The summed E-state index contributed by atoms with van der Waals surface area (Å²) >= 11 is 0. The Morgan fingerprint density at radius 1 is 0.868 bits per heavy atom. The average molecular weight is 731 g/mol. The smallest absolute Gasteiger partial charge is 0.405 e. The molecule has 12 nitrogen and oxygen atoms in total. The second kappa shape index (κ2) is 13.8. The van der Waals surface area contributed by atoms with E-state index in [1.165, 1.54) is 27.9 Å². The van der Waals surface area contributed by atoms with E-state index in [1.807, 2.05) is 29.2 Å². The maximum absolute atomic E-state index is 13.5. The van der Waals surface area contributed by atoms with Gasteiger partial charge in [-0.05, 0) is 73.2 Å². The van der Waals surface area contributed by atoms with Gasteiger partial charge in [0.25, 0.3) is 11.5 Å². The first-order chi connectivity index (χ1) is 25.9. The molecule has 8 rings (SSSR count). The fraction of sp³-hybridized carbons (Fsp3) is 0.395. The lowest BCUT2D eigenvalue weighted by molar-refractivity contribution is -0.274. The zero-order valence-corrected chi connectivity index (χ0v) is 28.8. The molecule has 0 radical (unpaired) electrons. The maximum Gasteiger partial charge on any atom is 0.573 e. The van der Waals surface area contributed by atoms with Gasteiger partial charge in [0.1, 0.15) is 18.1 Å². The van der Waals surface area contributed by atoms with Gasteiger partial charge in [-0.2, -0.15) is 0 Å². The quantitative estimate of drug-likeness (QED) is 0.281. The van der Waals surface area contributed by atoms with Gasteiger partial charge in [0.2, 0.25) is 11.8 Å². The van der Waals surface area contributed by atoms with E-state index in [9.17, 15) is 32.3 Å². The molecule has 5 heterocycles. The zero-order chi connectivity index (χ0) is 37.7. The summed E-state index contributed by atoms with van der Waals surface area (Å²) in [5.74, 6) is -1.97. The Balaban J connectivity index is 0.868. The molecule has 0 aliphatic carbocycles. The standard InChI is InChI=1S/C38H38F3N7O5/c39-38(40,41)53-32-20-28(19-25-22-47(37(52)34(25)32)31-9-10-33(49)43-35(31)50)45-13-11-24(12-14-45)21-44-15-17-46(18-16-44)26-5-7-27(8-6-26)48-23-42-30-4-2-1-3-29(30)36(48)51/h1-8,19-20,23-24,31H,9-18,21-22H2,(H,43,49,50)/i1D. The minimum absolute atomic E-state index is 0.0393. The molecule has 3 fully saturated rings. The number of halogens is 3. The predicted molar refractivity (Wildman–Crippen MR) is 190 cm³/mol. The number of aromatic nitrogens is 2. The Kier molecular flexibility index (Phi) is 8.72. The summed E-state index contributed by atoms with van der Waals surface area (Å²) in [7, 11) is 0. The van der Waals surface area contributed by atoms with Gasteiger partial charge in [0.05, 0.1) is 23.5 Å². The molecule has 0 spiro atoms. The number of hydrogen-bond acceptors (Lipinski definition) is 9. The number of hydrogen-bond donors (Lipinski definition) is 1. The fourth-order valence-corrected chi connectivity index (χ4v) is 7.99. The number of nitrogens with one attached hydrogen (secondary N) is 1. The van der Waals surface area contributed by atoms with E-state index in [-0.39, 0.29) is 36.6 Å². The van der Waals surface area contributed by atoms with Crippen LogP contribution in [0.15, 0.2) is 71.8 Å². The van der Waals surface area contributed by atoms with Crippen molar-refractivity contribution in [2.75, 3.05) is 55.6 Å². The van der Waals surface area contributed by atoms with Crippen LogP contribution in [-0.2, 0) is 16.1 Å². The number of imide groups is 1. The third-order valence-corrected chi connectivity index (χ3v) is 10.8. The molecule has 53 heavy (non-hydrogen) atoms. The van der Waals surface area contributed by atoms with Gasteiger partial charge >= 0.3 is 6.36 Å². The number of carbonyl (C=O) groups excluding carboxylic acids is 3. The average Bonchev–Trinajstić information content (AvgIpc) is 3.48. The number of para-hydroxylation sites is 1. The number of rotatable bonds is 7. The first-order valence-electron chi connectivity index (χ1n) is 18.3. The van der Waals surface area contributed by atoms with Crippen LogP contribution >= 0.6 is 0 Å². The fourth-order valence-electron chi connectivity index (χ4n) is 7.99. The number of amides is 3. The summed E-state index contributed by atoms with van der Waals surface area (Å²) in [6.07, 6.45) is -1.66. The van der Waals surface area contributed by atoms with Crippen LogP contribution in [0.5, 0.6) is 5.75 Å². The van der Waals surface area contributed by atoms with E-state index in [0.717, 1.165) is 51.3 Å². The number of piperidine rings is 2. The molecule has 0 saturated carbocycles. The van der Waals surface area contributed by atoms with Crippen molar-refractivity contribution in [2.24, 2.45) is 5.92 Å². The van der Waals surface area contributed by atoms with Crippen molar-refractivity contribution in [3.63, 3.8) is 0 Å². The highest BCUT2D eigenvalue weighted by atomic mass is 19.4. The molecule has 4 aliphatic rings. The molecular formula is C38H38F3N7O5. The number of anilines is 2. The van der Waals surface area contributed by atoms with Crippen LogP contribution in [0.3, 0.4) is 0 Å². The molecule has 1 N–H and O–H groups in total. The highest BCUT2D eigenvalue weighted by Crippen LogP contribution is 2.40. The molecule has 276 valence electrons. The van der Waals surface area contributed by atoms with Crippen LogP contribution in [0.2, 0.25) is 0 Å². The number of ether oxygens (including phenoxy) is 1. The summed E-state index contributed by atoms with van der Waals surface area (Å²) in [5, 5.41) is 2.62. The van der Waals surface area contributed by atoms with Crippen LogP contribution < -0.4 is 25.4 Å². The van der Waals surface area contributed by atoms with Crippen molar-refractivity contribution in [1.29, 1.82) is 0 Å². The van der Waals surface area contributed by atoms with Gasteiger partial charge < -0.3 is 19.4 Å². The van der Waals surface area contributed by atoms with Crippen LogP contribution in [0.25, 0.3) is 16.6 Å². The van der Waals surface area contributed by atoms with Crippen LogP contribution in [0.4, 0.5) is 24.5 Å². The third kappa shape index (κ3) is 7.04. The van der Waals surface area contributed by atoms with Crippen molar-refractivity contribution in [1.82, 2.24) is 24.7 Å². The van der Waals surface area contributed by atoms with E-state index in [2.05, 4.69) is 24.8 Å². The van der Waals surface area contributed by atoms with E-state index in [1.54, 1.807) is 18.2 Å². The van der Waals surface area contributed by atoms with Crippen molar-refractivity contribution in [3.05, 3.63) is 88.4 Å². The predicted octanol–water partition coefficient (Wildman–Crippen LogP) is 4.08. The number of alkyl halides is 3. The van der Waals surface area contributed by atoms with Crippen LogP contribution in [0.1, 0.15) is 43.0 Å². The van der Waals surface area contributed by atoms with Crippen LogP contribution in [-0.4, -0.2) is 95.3 Å². The number of nitrogens with zero attached hydrogens (tertiary/aromatic N) is 6. The van der Waals surface area contributed by atoms with Gasteiger partial charge in [-0.15, -0.1) is 13.2 Å². The largest absolute Gasteiger partial charge is 0.573 e. The van der Waals surface area contributed by atoms with Crippen molar-refractivity contribution in [2.45, 2.75) is 44.6 Å². The summed E-state index contributed by atoms with van der Waals surface area (Å²) in [5.41, 5.74) is 2.79. The second-order valence-electron chi connectivity index (χ2n) is 14.0. The Hall–Kier alpha value is -5.44. The molecule has 1 aromatic heterocycles. The summed E-state index contributed by atoms with van der Waals surface area (Å²) in [6, 6.07) is 14.9. The van der Waals surface area contributed by atoms with Crippen molar-refractivity contribution >= 4 is 40.0 Å². The lowest BCUT2D eigenvalue weighted by atomic mass is 9.95. The highest BCUT2D eigenvalue weighted by molar-refractivity contribution is 6.06. The molecule has 3 aromatic carbocycles. The Bertz CT molecular complexity index is 2180. The molecule has 3 amide bonds. The maximum atomic E-state index is 13.5. The van der Waals surface area contributed by atoms with Gasteiger partial charge in [-0.1, -0.05) is 12.1 Å².